The lowest BCUT2D eigenvalue weighted by atomic mass is 9.84. The minimum absolute atomic E-state index is 0.276. The van der Waals surface area contributed by atoms with Gasteiger partial charge in [0.2, 0.25) is 0 Å². The first-order chi connectivity index (χ1) is 7.16. The topological polar surface area (TPSA) is 23.5 Å². The minimum Gasteiger partial charge on any atom is -0.379 e. The molecule has 0 aromatic carbocycles. The van der Waals surface area contributed by atoms with Crippen molar-refractivity contribution in [3.05, 3.63) is 0 Å². The summed E-state index contributed by atoms with van der Waals surface area (Å²) < 4.78 is 0. The Kier molecular flexibility index (Phi) is 5.62. The summed E-state index contributed by atoms with van der Waals surface area (Å²) in [7, 11) is 0. The third-order valence-corrected chi connectivity index (χ3v) is 3.74. The Morgan fingerprint density at radius 3 is 2.53 bits per heavy atom. The number of nitrogens with zero attached hydrogens (tertiary/aromatic N) is 1. The molecule has 2 heteroatoms. The molecule has 1 aliphatic rings. The van der Waals surface area contributed by atoms with Crippen LogP contribution in [-0.4, -0.2) is 28.8 Å². The molecule has 1 fully saturated rings. The van der Waals surface area contributed by atoms with Gasteiger partial charge in [0.05, 0.1) is 0 Å². The van der Waals surface area contributed by atoms with Crippen molar-refractivity contribution in [1.82, 2.24) is 4.90 Å². The molecule has 15 heavy (non-hydrogen) atoms. The van der Waals surface area contributed by atoms with E-state index in [2.05, 4.69) is 18.7 Å². The van der Waals surface area contributed by atoms with E-state index in [9.17, 15) is 5.11 Å². The number of aliphatic hydroxyl groups excluding tert-OH is 1. The first-order valence-corrected chi connectivity index (χ1v) is 6.60. The molecule has 1 rings (SSSR count). The van der Waals surface area contributed by atoms with Crippen LogP contribution in [0.2, 0.25) is 0 Å². The first kappa shape index (κ1) is 13.0. The fraction of sp³-hybridized carbons (Fsp3) is 1.00. The zero-order valence-electron chi connectivity index (χ0n) is 10.6. The monoisotopic (exact) mass is 213 g/mol. The highest BCUT2D eigenvalue weighted by atomic mass is 16.3. The molecule has 2 nitrogen and oxygen atoms in total. The minimum atomic E-state index is -0.276. The van der Waals surface area contributed by atoms with Crippen molar-refractivity contribution >= 4 is 0 Å². The van der Waals surface area contributed by atoms with Gasteiger partial charge in [0.25, 0.3) is 0 Å². The van der Waals surface area contributed by atoms with Crippen molar-refractivity contribution in [3.8, 4) is 0 Å². The number of rotatable bonds is 5. The van der Waals surface area contributed by atoms with Crippen LogP contribution in [-0.2, 0) is 0 Å². The molecule has 0 radical (unpaired) electrons. The van der Waals surface area contributed by atoms with Gasteiger partial charge < -0.3 is 5.11 Å². The maximum Gasteiger partial charge on any atom is 0.104 e. The predicted molar refractivity (Wildman–Crippen MR) is 64.7 cm³/mol. The normalized spacial score (nSPS) is 29.4. The lowest BCUT2D eigenvalue weighted by Crippen LogP contribution is -2.46. The highest BCUT2D eigenvalue weighted by molar-refractivity contribution is 4.81. The maximum atomic E-state index is 9.83. The maximum absolute atomic E-state index is 9.83. The quantitative estimate of drug-likeness (QED) is 0.710. The van der Waals surface area contributed by atoms with Gasteiger partial charge in [-0.3, -0.25) is 4.90 Å². The molecule has 1 aliphatic carbocycles. The summed E-state index contributed by atoms with van der Waals surface area (Å²) in [5.74, 6) is 0.755. The van der Waals surface area contributed by atoms with Gasteiger partial charge in [-0.05, 0) is 32.1 Å². The smallest absolute Gasteiger partial charge is 0.104 e. The van der Waals surface area contributed by atoms with E-state index in [1.807, 2.05) is 6.92 Å². The van der Waals surface area contributed by atoms with Gasteiger partial charge >= 0.3 is 0 Å². The summed E-state index contributed by atoms with van der Waals surface area (Å²) >= 11 is 0. The van der Waals surface area contributed by atoms with E-state index < -0.39 is 0 Å². The van der Waals surface area contributed by atoms with Crippen molar-refractivity contribution in [1.29, 1.82) is 0 Å². The van der Waals surface area contributed by atoms with Crippen LogP contribution in [0.3, 0.4) is 0 Å². The standard InChI is InChI=1S/C13H27NO/c1-4-5-10-14(12(3)15)13-9-7-6-8-11(13)2/h11-13,15H,4-10H2,1-3H3. The van der Waals surface area contributed by atoms with Gasteiger partial charge in [0, 0.05) is 12.6 Å². The van der Waals surface area contributed by atoms with Crippen molar-refractivity contribution in [2.45, 2.75) is 71.6 Å². The first-order valence-electron chi connectivity index (χ1n) is 6.60. The van der Waals surface area contributed by atoms with E-state index in [0.29, 0.717) is 6.04 Å². The molecule has 0 bridgehead atoms. The second-order valence-electron chi connectivity index (χ2n) is 5.05. The lowest BCUT2D eigenvalue weighted by Gasteiger charge is -2.40. The van der Waals surface area contributed by atoms with Gasteiger partial charge in [0.15, 0.2) is 0 Å². The number of hydrogen-bond acceptors (Lipinski definition) is 2. The summed E-state index contributed by atoms with van der Waals surface area (Å²) in [5.41, 5.74) is 0. The molecule has 0 amide bonds. The lowest BCUT2D eigenvalue weighted by molar-refractivity contribution is -0.0378. The molecule has 0 heterocycles. The number of unbranched alkanes of at least 4 members (excludes halogenated alkanes) is 1. The van der Waals surface area contributed by atoms with Crippen LogP contribution in [0, 0.1) is 5.92 Å². The van der Waals surface area contributed by atoms with E-state index in [1.54, 1.807) is 0 Å². The van der Waals surface area contributed by atoms with Crippen LogP contribution in [0.4, 0.5) is 0 Å². The Labute approximate surface area is 94.7 Å². The Bertz CT molecular complexity index is 170. The molecular weight excluding hydrogens is 186 g/mol. The molecule has 90 valence electrons. The Morgan fingerprint density at radius 1 is 1.33 bits per heavy atom. The van der Waals surface area contributed by atoms with E-state index in [4.69, 9.17) is 0 Å². The van der Waals surface area contributed by atoms with E-state index >= 15 is 0 Å². The van der Waals surface area contributed by atoms with Crippen LogP contribution in [0.5, 0.6) is 0 Å². The van der Waals surface area contributed by atoms with Gasteiger partial charge in [-0.1, -0.05) is 33.1 Å². The Morgan fingerprint density at radius 2 is 2.00 bits per heavy atom. The molecule has 1 saturated carbocycles. The number of aliphatic hydroxyl groups is 1. The highest BCUT2D eigenvalue weighted by Crippen LogP contribution is 2.29. The largest absolute Gasteiger partial charge is 0.379 e. The zero-order valence-corrected chi connectivity index (χ0v) is 10.6. The highest BCUT2D eigenvalue weighted by Gasteiger charge is 2.28. The van der Waals surface area contributed by atoms with Crippen LogP contribution >= 0.6 is 0 Å². The molecule has 3 atom stereocenters. The van der Waals surface area contributed by atoms with Crippen molar-refractivity contribution in [2.75, 3.05) is 6.54 Å². The molecule has 1 N–H and O–H groups in total. The molecule has 0 aromatic rings. The van der Waals surface area contributed by atoms with Gasteiger partial charge in [-0.2, -0.15) is 0 Å². The number of hydrogen-bond donors (Lipinski definition) is 1. The third kappa shape index (κ3) is 3.76. The summed E-state index contributed by atoms with van der Waals surface area (Å²) in [5, 5.41) is 9.83. The molecule has 0 spiro atoms. The summed E-state index contributed by atoms with van der Waals surface area (Å²) in [6.07, 6.45) is 7.46. The average Bonchev–Trinajstić information content (AvgIpc) is 2.20. The fourth-order valence-electron chi connectivity index (χ4n) is 2.76. The third-order valence-electron chi connectivity index (χ3n) is 3.74. The van der Waals surface area contributed by atoms with Crippen LogP contribution < -0.4 is 0 Å². The Balaban J connectivity index is 2.52. The van der Waals surface area contributed by atoms with E-state index in [0.717, 1.165) is 12.5 Å². The van der Waals surface area contributed by atoms with E-state index in [1.165, 1.54) is 38.5 Å². The van der Waals surface area contributed by atoms with Crippen LogP contribution in [0.25, 0.3) is 0 Å². The summed E-state index contributed by atoms with van der Waals surface area (Å²) in [4.78, 5) is 2.31. The van der Waals surface area contributed by atoms with Crippen molar-refractivity contribution in [2.24, 2.45) is 5.92 Å². The summed E-state index contributed by atoms with van der Waals surface area (Å²) in [6.45, 7) is 7.52. The summed E-state index contributed by atoms with van der Waals surface area (Å²) in [6, 6.07) is 0.616. The SMILES string of the molecule is CCCCN(C(C)O)C1CCCCC1C. The van der Waals surface area contributed by atoms with Gasteiger partial charge in [0.1, 0.15) is 6.23 Å². The average molecular weight is 213 g/mol. The van der Waals surface area contributed by atoms with Crippen molar-refractivity contribution in [3.63, 3.8) is 0 Å². The molecule has 0 aliphatic heterocycles. The van der Waals surface area contributed by atoms with Crippen molar-refractivity contribution < 1.29 is 5.11 Å². The second-order valence-corrected chi connectivity index (χ2v) is 5.05. The zero-order chi connectivity index (χ0) is 11.3. The molecular formula is C13H27NO. The predicted octanol–water partition coefficient (Wildman–Crippen LogP) is 3.01. The Hall–Kier alpha value is -0.0800. The molecule has 3 unspecified atom stereocenters. The molecule has 0 aromatic heterocycles. The van der Waals surface area contributed by atoms with E-state index in [-0.39, 0.29) is 6.23 Å². The molecule has 0 saturated heterocycles. The fourth-order valence-corrected chi connectivity index (χ4v) is 2.76. The second kappa shape index (κ2) is 6.49. The van der Waals surface area contributed by atoms with Crippen LogP contribution in [0.1, 0.15) is 59.3 Å². The van der Waals surface area contributed by atoms with Crippen LogP contribution in [0.15, 0.2) is 0 Å². The van der Waals surface area contributed by atoms with Gasteiger partial charge in [-0.15, -0.1) is 0 Å². The van der Waals surface area contributed by atoms with Gasteiger partial charge in [-0.25, -0.2) is 0 Å².